The van der Waals surface area contributed by atoms with Crippen molar-refractivity contribution in [2.24, 2.45) is 0 Å². The molecule has 1 N–H and O–H groups in total. The Kier molecular flexibility index (Phi) is 5.22. The summed E-state index contributed by atoms with van der Waals surface area (Å²) in [6.07, 6.45) is 1.12. The first kappa shape index (κ1) is 19.0. The van der Waals surface area contributed by atoms with Crippen LogP contribution in [-0.2, 0) is 9.59 Å². The molecule has 3 rings (SSSR count). The molecule has 136 valence electrons. The molecular weight excluding hydrogens is 413 g/mol. The number of benzene rings is 2. The number of rotatable bonds is 3. The van der Waals surface area contributed by atoms with E-state index in [9.17, 15) is 19.7 Å². The third-order valence-electron chi connectivity index (χ3n) is 3.67. The van der Waals surface area contributed by atoms with Crippen LogP contribution in [0.2, 0.25) is 10.0 Å². The quantitative estimate of drug-likeness (QED) is 0.268. The molecular formula is C17H9Cl2N3O4S. The van der Waals surface area contributed by atoms with Gasteiger partial charge >= 0.3 is 0 Å². The van der Waals surface area contributed by atoms with E-state index < -0.39 is 16.7 Å². The Morgan fingerprint density at radius 3 is 2.33 bits per heavy atom. The van der Waals surface area contributed by atoms with Crippen LogP contribution in [0.25, 0.3) is 6.08 Å². The molecule has 2 amide bonds. The van der Waals surface area contributed by atoms with Gasteiger partial charge in [0.05, 0.1) is 16.2 Å². The fourth-order valence-corrected chi connectivity index (χ4v) is 3.03. The lowest BCUT2D eigenvalue weighted by molar-refractivity contribution is -0.385. The average molecular weight is 422 g/mol. The van der Waals surface area contributed by atoms with Gasteiger partial charge in [0.1, 0.15) is 5.57 Å². The van der Waals surface area contributed by atoms with Crippen molar-refractivity contribution in [2.45, 2.75) is 0 Å². The molecule has 1 aliphatic rings. The largest absolute Gasteiger partial charge is 0.298 e. The molecule has 0 radical (unpaired) electrons. The van der Waals surface area contributed by atoms with Crippen LogP contribution in [0.3, 0.4) is 0 Å². The van der Waals surface area contributed by atoms with E-state index in [4.69, 9.17) is 35.4 Å². The zero-order chi connectivity index (χ0) is 19.7. The van der Waals surface area contributed by atoms with Crippen molar-refractivity contribution in [3.05, 3.63) is 73.8 Å². The van der Waals surface area contributed by atoms with Crippen molar-refractivity contribution in [1.29, 1.82) is 0 Å². The second kappa shape index (κ2) is 7.43. The van der Waals surface area contributed by atoms with Gasteiger partial charge in [0.2, 0.25) is 0 Å². The van der Waals surface area contributed by atoms with Crippen LogP contribution >= 0.6 is 35.4 Å². The Hall–Kier alpha value is -2.81. The molecule has 0 saturated carbocycles. The second-order valence-electron chi connectivity index (χ2n) is 5.39. The van der Waals surface area contributed by atoms with Crippen LogP contribution in [0.4, 0.5) is 11.4 Å². The average Bonchev–Trinajstić information content (AvgIpc) is 2.60. The van der Waals surface area contributed by atoms with Gasteiger partial charge in [-0.25, -0.2) is 0 Å². The number of nitrogens with zero attached hydrogens (tertiary/aromatic N) is 2. The number of nitrogens with one attached hydrogen (secondary N) is 1. The van der Waals surface area contributed by atoms with Crippen molar-refractivity contribution in [2.75, 3.05) is 4.90 Å². The predicted octanol–water partition coefficient (Wildman–Crippen LogP) is 3.73. The minimum atomic E-state index is -0.760. The highest BCUT2D eigenvalue weighted by atomic mass is 35.5. The zero-order valence-electron chi connectivity index (χ0n) is 13.3. The summed E-state index contributed by atoms with van der Waals surface area (Å²) in [7, 11) is 0. The van der Waals surface area contributed by atoms with Gasteiger partial charge in [0.25, 0.3) is 17.5 Å². The maximum atomic E-state index is 12.9. The van der Waals surface area contributed by atoms with E-state index in [1.165, 1.54) is 18.2 Å². The lowest BCUT2D eigenvalue weighted by Gasteiger charge is -2.28. The summed E-state index contributed by atoms with van der Waals surface area (Å²) in [5.74, 6) is -1.48. The molecule has 0 aromatic heterocycles. The third kappa shape index (κ3) is 3.82. The number of hydrogen-bond donors (Lipinski definition) is 1. The Morgan fingerprint density at radius 1 is 1.07 bits per heavy atom. The van der Waals surface area contributed by atoms with E-state index in [-0.39, 0.29) is 27.0 Å². The highest BCUT2D eigenvalue weighted by Gasteiger charge is 2.35. The van der Waals surface area contributed by atoms with Crippen LogP contribution < -0.4 is 10.2 Å². The van der Waals surface area contributed by atoms with Gasteiger partial charge in [0.15, 0.2) is 5.11 Å². The third-order valence-corrected chi connectivity index (χ3v) is 4.44. The molecule has 0 aliphatic carbocycles. The number of nitro benzene ring substituents is 1. The van der Waals surface area contributed by atoms with Crippen molar-refractivity contribution in [3.8, 4) is 0 Å². The molecule has 2 aromatic rings. The van der Waals surface area contributed by atoms with E-state index in [1.54, 1.807) is 24.3 Å². The van der Waals surface area contributed by atoms with Gasteiger partial charge < -0.3 is 0 Å². The topological polar surface area (TPSA) is 92.6 Å². The van der Waals surface area contributed by atoms with Crippen LogP contribution in [0.5, 0.6) is 0 Å². The summed E-state index contributed by atoms with van der Waals surface area (Å²) < 4.78 is 0. The molecule has 10 heteroatoms. The first-order chi connectivity index (χ1) is 12.8. The molecule has 27 heavy (non-hydrogen) atoms. The predicted molar refractivity (Wildman–Crippen MR) is 106 cm³/mol. The van der Waals surface area contributed by atoms with Gasteiger partial charge in [0, 0.05) is 16.1 Å². The van der Waals surface area contributed by atoms with Gasteiger partial charge in [-0.15, -0.1) is 0 Å². The molecule has 1 fully saturated rings. The minimum absolute atomic E-state index is 0.0230. The summed E-state index contributed by atoms with van der Waals surface area (Å²) in [4.78, 5) is 36.8. The van der Waals surface area contributed by atoms with Crippen LogP contribution in [0.15, 0.2) is 48.0 Å². The Labute approximate surface area is 168 Å². The lowest BCUT2D eigenvalue weighted by atomic mass is 10.1. The molecule has 0 unspecified atom stereocenters. The first-order valence-corrected chi connectivity index (χ1v) is 8.55. The van der Waals surface area contributed by atoms with Crippen molar-refractivity contribution in [3.63, 3.8) is 0 Å². The standard InChI is InChI=1S/C17H9Cl2N3O4S/c18-10-1-4-12(5-2-10)21-16(24)13(15(23)20-17(21)27)8-9-7-11(19)3-6-14(9)22(25)26/h1-8H,(H,20,23,27)/b13-8+. The lowest BCUT2D eigenvalue weighted by Crippen LogP contribution is -2.54. The summed E-state index contributed by atoms with van der Waals surface area (Å²) >= 11 is 16.8. The van der Waals surface area contributed by atoms with Gasteiger partial charge in [-0.05, 0) is 54.7 Å². The molecule has 2 aromatic carbocycles. The maximum absolute atomic E-state index is 12.9. The molecule has 1 heterocycles. The molecule has 0 bridgehead atoms. The minimum Gasteiger partial charge on any atom is -0.298 e. The highest BCUT2D eigenvalue weighted by molar-refractivity contribution is 7.80. The summed E-state index contributed by atoms with van der Waals surface area (Å²) in [6, 6.07) is 10.1. The Bertz CT molecular complexity index is 1020. The van der Waals surface area contributed by atoms with E-state index in [0.29, 0.717) is 10.7 Å². The van der Waals surface area contributed by atoms with Crippen LogP contribution in [0.1, 0.15) is 5.56 Å². The van der Waals surface area contributed by atoms with Gasteiger partial charge in [-0.3, -0.25) is 29.9 Å². The van der Waals surface area contributed by atoms with E-state index in [2.05, 4.69) is 5.32 Å². The Morgan fingerprint density at radius 2 is 1.70 bits per heavy atom. The molecule has 0 atom stereocenters. The molecule has 7 nitrogen and oxygen atoms in total. The molecule has 0 spiro atoms. The normalized spacial score (nSPS) is 15.9. The van der Waals surface area contributed by atoms with Gasteiger partial charge in [-0.1, -0.05) is 23.2 Å². The Balaban J connectivity index is 2.09. The number of carbonyl (C=O) groups excluding carboxylic acids is 2. The SMILES string of the molecule is O=C1NC(=S)N(c2ccc(Cl)cc2)C(=O)/C1=C/c1cc(Cl)ccc1[N+](=O)[O-]. The number of nitro groups is 1. The first-order valence-electron chi connectivity index (χ1n) is 7.39. The van der Waals surface area contributed by atoms with Crippen LogP contribution in [-0.4, -0.2) is 21.9 Å². The monoisotopic (exact) mass is 421 g/mol. The molecule has 1 aliphatic heterocycles. The van der Waals surface area contributed by atoms with Crippen LogP contribution in [0, 0.1) is 10.1 Å². The van der Waals surface area contributed by atoms with E-state index in [0.717, 1.165) is 11.0 Å². The molecule has 1 saturated heterocycles. The second-order valence-corrected chi connectivity index (χ2v) is 6.65. The van der Waals surface area contributed by atoms with E-state index >= 15 is 0 Å². The number of halogens is 2. The fraction of sp³-hybridized carbons (Fsp3) is 0. The zero-order valence-corrected chi connectivity index (χ0v) is 15.6. The van der Waals surface area contributed by atoms with Crippen molar-refractivity contribution in [1.82, 2.24) is 5.32 Å². The summed E-state index contributed by atoms with van der Waals surface area (Å²) in [5.41, 5.74) is -0.196. The summed E-state index contributed by atoms with van der Waals surface area (Å²) in [5, 5.41) is 14.2. The smallest absolute Gasteiger partial charge is 0.276 e. The fourth-order valence-electron chi connectivity index (χ4n) is 2.44. The maximum Gasteiger partial charge on any atom is 0.276 e. The number of carbonyl (C=O) groups is 2. The summed E-state index contributed by atoms with van der Waals surface area (Å²) in [6.45, 7) is 0. The number of thiocarbonyl (C=S) groups is 1. The van der Waals surface area contributed by atoms with Gasteiger partial charge in [-0.2, -0.15) is 0 Å². The number of hydrogen-bond acceptors (Lipinski definition) is 5. The van der Waals surface area contributed by atoms with Crippen molar-refractivity contribution < 1.29 is 14.5 Å². The highest BCUT2D eigenvalue weighted by Crippen LogP contribution is 2.28. The number of anilines is 1. The van der Waals surface area contributed by atoms with Crippen molar-refractivity contribution >= 4 is 69.8 Å². The number of amides is 2. The van der Waals surface area contributed by atoms with E-state index in [1.807, 2.05) is 0 Å².